The summed E-state index contributed by atoms with van der Waals surface area (Å²) >= 11 is 1.46. The summed E-state index contributed by atoms with van der Waals surface area (Å²) in [6.45, 7) is 9.20. The third kappa shape index (κ3) is 3.65. The summed E-state index contributed by atoms with van der Waals surface area (Å²) < 4.78 is 7.56. The molecular weight excluding hydrogens is 296 g/mol. The number of carbonyl (C=O) groups excluding carboxylic acids is 1. The molecule has 0 amide bonds. The molecule has 0 spiro atoms. The highest BCUT2D eigenvalue weighted by atomic mass is 32.1. The van der Waals surface area contributed by atoms with Gasteiger partial charge in [0.05, 0.1) is 17.2 Å². The van der Waals surface area contributed by atoms with Gasteiger partial charge in [-0.2, -0.15) is 0 Å². The quantitative estimate of drug-likeness (QED) is 0.753. The minimum atomic E-state index is 0.0977. The summed E-state index contributed by atoms with van der Waals surface area (Å²) in [7, 11) is 0. The Bertz CT molecular complexity index is 711. The highest BCUT2D eigenvalue weighted by Crippen LogP contribution is 2.19. The third-order valence-electron chi connectivity index (χ3n) is 3.30. The second kappa shape index (κ2) is 7.40. The Morgan fingerprint density at radius 1 is 1.27 bits per heavy atom. The van der Waals surface area contributed by atoms with Crippen LogP contribution >= 0.6 is 11.3 Å². The predicted octanol–water partition coefficient (Wildman–Crippen LogP) is 4.10. The molecule has 0 N–H and O–H groups in total. The van der Waals surface area contributed by atoms with Crippen molar-refractivity contribution in [2.24, 2.45) is 4.99 Å². The van der Waals surface area contributed by atoms with E-state index in [0.717, 1.165) is 39.8 Å². The number of Topliss-reactive ketones (excluding diaryl/α,β-unsaturated/α-hetero) is 1. The molecule has 1 heterocycles. The predicted molar refractivity (Wildman–Crippen MR) is 90.2 cm³/mol. The molecule has 1 aromatic carbocycles. The number of thiazole rings is 1. The van der Waals surface area contributed by atoms with Gasteiger partial charge >= 0.3 is 0 Å². The molecule has 0 aliphatic carbocycles. The van der Waals surface area contributed by atoms with Crippen LogP contribution in [0.5, 0.6) is 5.75 Å². The Morgan fingerprint density at radius 3 is 2.50 bits per heavy atom. The van der Waals surface area contributed by atoms with Crippen LogP contribution in [0, 0.1) is 6.92 Å². The molecule has 0 unspecified atom stereocenters. The van der Waals surface area contributed by atoms with E-state index in [9.17, 15) is 4.79 Å². The molecule has 4 nitrogen and oxygen atoms in total. The Kier molecular flexibility index (Phi) is 5.55. The SMILES string of the molecule is CCCn1c(C)c(C(C)=O)sc1=Nc1ccc(OCC)cc1. The van der Waals surface area contributed by atoms with Crippen LogP contribution in [-0.4, -0.2) is 17.0 Å². The van der Waals surface area contributed by atoms with Crippen LogP contribution < -0.4 is 9.54 Å². The second-order valence-corrected chi connectivity index (χ2v) is 6.02. The smallest absolute Gasteiger partial charge is 0.190 e. The topological polar surface area (TPSA) is 43.6 Å². The van der Waals surface area contributed by atoms with Crippen molar-refractivity contribution in [1.82, 2.24) is 4.57 Å². The van der Waals surface area contributed by atoms with Crippen LogP contribution in [0.1, 0.15) is 42.6 Å². The van der Waals surface area contributed by atoms with Gasteiger partial charge in [0.25, 0.3) is 0 Å². The van der Waals surface area contributed by atoms with Crippen molar-refractivity contribution in [3.8, 4) is 5.75 Å². The van der Waals surface area contributed by atoms with Gasteiger partial charge in [-0.1, -0.05) is 18.3 Å². The van der Waals surface area contributed by atoms with Gasteiger partial charge in [-0.3, -0.25) is 4.79 Å². The lowest BCUT2D eigenvalue weighted by atomic mass is 10.3. The van der Waals surface area contributed by atoms with Crippen molar-refractivity contribution < 1.29 is 9.53 Å². The van der Waals surface area contributed by atoms with E-state index in [0.29, 0.717) is 6.61 Å². The molecule has 2 aromatic rings. The van der Waals surface area contributed by atoms with E-state index in [1.54, 1.807) is 6.92 Å². The number of aromatic nitrogens is 1. The van der Waals surface area contributed by atoms with Gasteiger partial charge in [0.2, 0.25) is 0 Å². The average Bonchev–Trinajstić information content (AvgIpc) is 2.79. The van der Waals surface area contributed by atoms with Crippen molar-refractivity contribution in [2.75, 3.05) is 6.61 Å². The van der Waals surface area contributed by atoms with Gasteiger partial charge in [0.1, 0.15) is 5.75 Å². The largest absolute Gasteiger partial charge is 0.494 e. The zero-order chi connectivity index (χ0) is 16.1. The van der Waals surface area contributed by atoms with Crippen LogP contribution in [0.2, 0.25) is 0 Å². The average molecular weight is 318 g/mol. The van der Waals surface area contributed by atoms with Crippen LogP contribution in [0.4, 0.5) is 5.69 Å². The molecule has 0 aliphatic heterocycles. The van der Waals surface area contributed by atoms with Crippen LogP contribution in [-0.2, 0) is 6.54 Å². The van der Waals surface area contributed by atoms with Gasteiger partial charge in [-0.05, 0) is 44.5 Å². The first-order valence-electron chi connectivity index (χ1n) is 7.55. The molecule has 22 heavy (non-hydrogen) atoms. The van der Waals surface area contributed by atoms with E-state index in [1.165, 1.54) is 11.3 Å². The zero-order valence-corrected chi connectivity index (χ0v) is 14.4. The normalized spacial score (nSPS) is 11.7. The van der Waals surface area contributed by atoms with Crippen molar-refractivity contribution >= 4 is 22.8 Å². The lowest BCUT2D eigenvalue weighted by molar-refractivity contribution is 0.102. The summed E-state index contributed by atoms with van der Waals surface area (Å²) in [5, 5.41) is 0. The molecule has 1 aromatic heterocycles. The summed E-state index contributed by atoms with van der Waals surface area (Å²) in [6.07, 6.45) is 1.01. The fraction of sp³-hybridized carbons (Fsp3) is 0.412. The van der Waals surface area contributed by atoms with Crippen LogP contribution in [0.3, 0.4) is 0 Å². The fourth-order valence-electron chi connectivity index (χ4n) is 2.28. The molecule has 0 atom stereocenters. The van der Waals surface area contributed by atoms with Gasteiger partial charge in [-0.25, -0.2) is 4.99 Å². The monoisotopic (exact) mass is 318 g/mol. The maximum Gasteiger partial charge on any atom is 0.190 e. The molecule has 0 saturated heterocycles. The molecule has 0 aliphatic rings. The third-order valence-corrected chi connectivity index (χ3v) is 4.58. The van der Waals surface area contributed by atoms with E-state index >= 15 is 0 Å². The number of hydrogen-bond donors (Lipinski definition) is 0. The van der Waals surface area contributed by atoms with E-state index in [-0.39, 0.29) is 5.78 Å². The number of ether oxygens (including phenoxy) is 1. The van der Waals surface area contributed by atoms with E-state index in [1.807, 2.05) is 38.1 Å². The number of ketones is 1. The number of rotatable bonds is 6. The number of carbonyl (C=O) groups is 1. The molecular formula is C17H22N2O2S. The van der Waals surface area contributed by atoms with Crippen molar-refractivity contribution in [3.63, 3.8) is 0 Å². The molecule has 0 bridgehead atoms. The second-order valence-electron chi connectivity index (χ2n) is 5.05. The fourth-order valence-corrected chi connectivity index (χ4v) is 3.35. The maximum atomic E-state index is 11.7. The Balaban J connectivity index is 2.45. The first-order chi connectivity index (χ1) is 10.6. The van der Waals surface area contributed by atoms with Gasteiger partial charge in [0.15, 0.2) is 10.6 Å². The number of benzene rings is 1. The lowest BCUT2D eigenvalue weighted by Gasteiger charge is -2.04. The Hall–Kier alpha value is -1.88. The van der Waals surface area contributed by atoms with Crippen molar-refractivity contribution in [3.05, 3.63) is 39.6 Å². The highest BCUT2D eigenvalue weighted by Gasteiger charge is 2.12. The molecule has 5 heteroatoms. The summed E-state index contributed by atoms with van der Waals surface area (Å²) in [4.78, 5) is 18.1. The molecule has 0 fully saturated rings. The highest BCUT2D eigenvalue weighted by molar-refractivity contribution is 7.11. The summed E-state index contributed by atoms with van der Waals surface area (Å²) in [5.74, 6) is 0.940. The maximum absolute atomic E-state index is 11.7. The Morgan fingerprint density at radius 2 is 1.95 bits per heavy atom. The van der Waals surface area contributed by atoms with Crippen molar-refractivity contribution in [2.45, 2.75) is 40.7 Å². The summed E-state index contributed by atoms with van der Waals surface area (Å²) in [6, 6.07) is 7.70. The first-order valence-corrected chi connectivity index (χ1v) is 8.37. The van der Waals surface area contributed by atoms with Crippen LogP contribution in [0.15, 0.2) is 29.3 Å². The standard InChI is InChI=1S/C17H22N2O2S/c1-5-11-19-12(3)16(13(4)20)22-17(19)18-14-7-9-15(10-8-14)21-6-2/h7-10H,5-6,11H2,1-4H3. The molecule has 118 valence electrons. The van der Waals surface area contributed by atoms with E-state index in [2.05, 4.69) is 11.5 Å². The van der Waals surface area contributed by atoms with E-state index < -0.39 is 0 Å². The van der Waals surface area contributed by atoms with Gasteiger partial charge in [0, 0.05) is 19.2 Å². The molecule has 0 saturated carbocycles. The van der Waals surface area contributed by atoms with Crippen molar-refractivity contribution in [1.29, 1.82) is 0 Å². The number of hydrogen-bond acceptors (Lipinski definition) is 4. The summed E-state index contributed by atoms with van der Waals surface area (Å²) in [5.41, 5.74) is 1.87. The minimum absolute atomic E-state index is 0.0977. The molecule has 2 rings (SSSR count). The lowest BCUT2D eigenvalue weighted by Crippen LogP contribution is -2.15. The van der Waals surface area contributed by atoms with Gasteiger partial charge < -0.3 is 9.30 Å². The van der Waals surface area contributed by atoms with E-state index in [4.69, 9.17) is 9.73 Å². The van der Waals surface area contributed by atoms with Crippen LogP contribution in [0.25, 0.3) is 0 Å². The molecule has 0 radical (unpaired) electrons. The minimum Gasteiger partial charge on any atom is -0.494 e. The zero-order valence-electron chi connectivity index (χ0n) is 13.5. The van der Waals surface area contributed by atoms with Gasteiger partial charge in [-0.15, -0.1) is 0 Å². The Labute approximate surface area is 135 Å². The first kappa shape index (κ1) is 16.5. The number of nitrogens with zero attached hydrogens (tertiary/aromatic N) is 2.